The molecule has 2 atom stereocenters. The molecular weight excluding hydrogens is 243 g/mol. The van der Waals surface area contributed by atoms with E-state index in [9.17, 15) is 9.67 Å². The van der Waals surface area contributed by atoms with Gasteiger partial charge in [0.1, 0.15) is 0 Å². The molecule has 3 saturated carbocycles. The van der Waals surface area contributed by atoms with Gasteiger partial charge in [-0.05, 0) is 44.9 Å². The molecule has 3 fully saturated rings. The normalized spacial score (nSPS) is 35.6. The van der Waals surface area contributed by atoms with Crippen LogP contribution in [0.4, 0.5) is 0 Å². The Bertz CT molecular complexity index is 309. The average molecular weight is 270 g/mol. The van der Waals surface area contributed by atoms with Gasteiger partial charge in [0.05, 0.1) is 13.2 Å². The Balaban J connectivity index is 1.84. The van der Waals surface area contributed by atoms with Crippen LogP contribution in [-0.2, 0) is 4.57 Å². The lowest BCUT2D eigenvalue weighted by Gasteiger charge is -2.35. The minimum Gasteiger partial charge on any atom is -0.393 e. The van der Waals surface area contributed by atoms with E-state index in [1.807, 2.05) is 0 Å². The molecule has 0 bridgehead atoms. The van der Waals surface area contributed by atoms with Gasteiger partial charge in [-0.1, -0.05) is 25.7 Å². The van der Waals surface area contributed by atoms with Crippen molar-refractivity contribution in [1.82, 2.24) is 0 Å². The van der Waals surface area contributed by atoms with E-state index in [-0.39, 0.29) is 6.10 Å². The van der Waals surface area contributed by atoms with Gasteiger partial charge in [-0.15, -0.1) is 0 Å². The predicted octanol–water partition coefficient (Wildman–Crippen LogP) is 4.15. The zero-order chi connectivity index (χ0) is 12.6. The van der Waals surface area contributed by atoms with Crippen LogP contribution in [-0.4, -0.2) is 28.2 Å². The molecule has 0 amide bonds. The first-order valence-corrected chi connectivity index (χ1v) is 9.90. The second-order valence-corrected chi connectivity index (χ2v) is 10.5. The molecule has 0 aromatic heterocycles. The highest BCUT2D eigenvalue weighted by atomic mass is 31.2. The first-order chi connectivity index (χ1) is 8.71. The van der Waals surface area contributed by atoms with E-state index in [4.69, 9.17) is 0 Å². The SMILES string of the molecule is O=P(C1CCCC1)(C1CCCC1)[C@@H]1CC[C@@H](O)C1. The number of rotatable bonds is 3. The molecule has 1 N–H and O–H groups in total. The Morgan fingerprint density at radius 2 is 1.22 bits per heavy atom. The van der Waals surface area contributed by atoms with E-state index in [1.54, 1.807) is 0 Å². The predicted molar refractivity (Wildman–Crippen MR) is 75.8 cm³/mol. The van der Waals surface area contributed by atoms with Crippen molar-refractivity contribution in [3.8, 4) is 0 Å². The molecule has 0 heterocycles. The summed E-state index contributed by atoms with van der Waals surface area (Å²) in [5.41, 5.74) is 1.42. The number of aliphatic hydroxyl groups excluding tert-OH is 1. The summed E-state index contributed by atoms with van der Waals surface area (Å²) in [6.45, 7) is 0. The number of hydrogen-bond acceptors (Lipinski definition) is 2. The van der Waals surface area contributed by atoms with Gasteiger partial charge in [-0.3, -0.25) is 0 Å². The Kier molecular flexibility index (Phi) is 3.87. The summed E-state index contributed by atoms with van der Waals surface area (Å²) in [6.07, 6.45) is 12.6. The summed E-state index contributed by atoms with van der Waals surface area (Å²) in [5.74, 6) is 0. The molecule has 0 aromatic carbocycles. The van der Waals surface area contributed by atoms with E-state index >= 15 is 0 Å². The summed E-state index contributed by atoms with van der Waals surface area (Å²) >= 11 is 0. The number of hydrogen-bond donors (Lipinski definition) is 1. The zero-order valence-electron chi connectivity index (χ0n) is 11.4. The summed E-state index contributed by atoms with van der Waals surface area (Å²) < 4.78 is 13.9. The molecule has 0 aromatic rings. The Morgan fingerprint density at radius 3 is 1.61 bits per heavy atom. The second-order valence-electron chi connectivity index (χ2n) is 6.76. The van der Waals surface area contributed by atoms with E-state index in [2.05, 4.69) is 0 Å². The van der Waals surface area contributed by atoms with Crippen molar-refractivity contribution in [3.05, 3.63) is 0 Å². The highest BCUT2D eigenvalue weighted by Gasteiger charge is 2.49. The first-order valence-electron chi connectivity index (χ1n) is 7.98. The molecule has 0 spiro atoms. The van der Waals surface area contributed by atoms with Crippen molar-refractivity contribution in [2.45, 2.75) is 93.7 Å². The summed E-state index contributed by atoms with van der Waals surface area (Å²) in [4.78, 5) is 0. The Labute approximate surface area is 111 Å². The third-order valence-corrected chi connectivity index (χ3v) is 10.7. The molecule has 18 heavy (non-hydrogen) atoms. The minimum absolute atomic E-state index is 0.161. The largest absolute Gasteiger partial charge is 0.393 e. The fraction of sp³-hybridized carbons (Fsp3) is 1.00. The summed E-state index contributed by atoms with van der Waals surface area (Å²) in [5, 5.41) is 9.83. The van der Waals surface area contributed by atoms with Crippen LogP contribution >= 0.6 is 7.14 Å². The van der Waals surface area contributed by atoms with E-state index in [0.717, 1.165) is 19.3 Å². The van der Waals surface area contributed by atoms with Crippen LogP contribution in [0.1, 0.15) is 70.6 Å². The van der Waals surface area contributed by atoms with E-state index < -0.39 is 7.14 Å². The van der Waals surface area contributed by atoms with Gasteiger partial charge in [-0.25, -0.2) is 0 Å². The topological polar surface area (TPSA) is 37.3 Å². The molecular formula is C15H27O2P. The molecule has 0 aliphatic heterocycles. The van der Waals surface area contributed by atoms with Gasteiger partial charge in [-0.2, -0.15) is 0 Å². The van der Waals surface area contributed by atoms with E-state index in [0.29, 0.717) is 17.0 Å². The number of aliphatic hydroxyl groups is 1. The van der Waals surface area contributed by atoms with Gasteiger partial charge in [0.15, 0.2) is 0 Å². The van der Waals surface area contributed by atoms with Gasteiger partial charge < -0.3 is 9.67 Å². The maximum Gasteiger partial charge on any atom is 0.0965 e. The van der Waals surface area contributed by atoms with Gasteiger partial charge in [0.2, 0.25) is 0 Å². The van der Waals surface area contributed by atoms with Crippen molar-refractivity contribution in [2.24, 2.45) is 0 Å². The zero-order valence-corrected chi connectivity index (χ0v) is 12.3. The third kappa shape index (κ3) is 2.20. The van der Waals surface area contributed by atoms with Crippen molar-refractivity contribution in [3.63, 3.8) is 0 Å². The molecule has 3 aliphatic carbocycles. The van der Waals surface area contributed by atoms with Crippen molar-refractivity contribution >= 4 is 7.14 Å². The van der Waals surface area contributed by atoms with Crippen molar-refractivity contribution in [2.75, 3.05) is 0 Å². The third-order valence-electron chi connectivity index (χ3n) is 5.74. The molecule has 0 saturated heterocycles. The lowest BCUT2D eigenvalue weighted by molar-refractivity contribution is 0.183. The van der Waals surface area contributed by atoms with Crippen molar-refractivity contribution < 1.29 is 9.67 Å². The lowest BCUT2D eigenvalue weighted by atomic mass is 10.3. The van der Waals surface area contributed by atoms with E-state index in [1.165, 1.54) is 51.4 Å². The Morgan fingerprint density at radius 1 is 0.722 bits per heavy atom. The van der Waals surface area contributed by atoms with Gasteiger partial charge in [0, 0.05) is 17.0 Å². The second kappa shape index (κ2) is 5.29. The van der Waals surface area contributed by atoms with Crippen LogP contribution in [0.3, 0.4) is 0 Å². The molecule has 2 nitrogen and oxygen atoms in total. The maximum atomic E-state index is 13.9. The van der Waals surface area contributed by atoms with Crippen LogP contribution in [0.2, 0.25) is 0 Å². The van der Waals surface area contributed by atoms with Gasteiger partial charge >= 0.3 is 0 Å². The molecule has 3 rings (SSSR count). The fourth-order valence-corrected chi connectivity index (χ4v) is 10.1. The smallest absolute Gasteiger partial charge is 0.0965 e. The minimum atomic E-state index is -2.06. The maximum absolute atomic E-state index is 13.9. The van der Waals surface area contributed by atoms with Crippen molar-refractivity contribution in [1.29, 1.82) is 0 Å². The lowest BCUT2D eigenvalue weighted by Crippen LogP contribution is -2.23. The molecule has 0 unspecified atom stereocenters. The highest BCUT2D eigenvalue weighted by molar-refractivity contribution is 7.66. The quantitative estimate of drug-likeness (QED) is 0.782. The van der Waals surface area contributed by atoms with Crippen LogP contribution in [0.25, 0.3) is 0 Å². The Hall–Kier alpha value is 0.190. The van der Waals surface area contributed by atoms with Gasteiger partial charge in [0.25, 0.3) is 0 Å². The fourth-order valence-electron chi connectivity index (χ4n) is 4.81. The first kappa shape index (κ1) is 13.2. The van der Waals surface area contributed by atoms with Crippen LogP contribution < -0.4 is 0 Å². The molecule has 0 radical (unpaired) electrons. The van der Waals surface area contributed by atoms with Crippen LogP contribution in [0.15, 0.2) is 0 Å². The summed E-state index contributed by atoms with van der Waals surface area (Å²) in [7, 11) is -2.06. The van der Waals surface area contributed by atoms with Crippen LogP contribution in [0, 0.1) is 0 Å². The summed E-state index contributed by atoms with van der Waals surface area (Å²) in [6, 6.07) is 0. The molecule has 104 valence electrons. The average Bonchev–Trinajstić information content (AvgIpc) is 3.11. The monoisotopic (exact) mass is 270 g/mol. The standard InChI is InChI=1S/C15H27O2P/c16-12-9-10-15(11-12)18(17,13-5-1-2-6-13)14-7-3-4-8-14/h12-16H,1-11H2/t12-,15-/m1/s1. The molecule has 3 aliphatic rings. The van der Waals surface area contributed by atoms with Crippen LogP contribution in [0.5, 0.6) is 0 Å². The molecule has 3 heteroatoms. The highest BCUT2D eigenvalue weighted by Crippen LogP contribution is 2.69.